The Bertz CT molecular complexity index is 1110. The van der Waals surface area contributed by atoms with Crippen LogP contribution in [0, 0.1) is 5.92 Å². The van der Waals surface area contributed by atoms with E-state index in [4.69, 9.17) is 5.73 Å². The quantitative estimate of drug-likeness (QED) is 0.309. The number of nitrogens with two attached hydrogens (primary N) is 1. The Morgan fingerprint density at radius 1 is 1.24 bits per heavy atom. The van der Waals surface area contributed by atoms with Crippen LogP contribution in [0.2, 0.25) is 0 Å². The second-order valence-electron chi connectivity index (χ2n) is 12.6. The van der Waals surface area contributed by atoms with E-state index in [0.29, 0.717) is 30.3 Å². The Hall–Kier alpha value is -2.27. The molecule has 3 aliphatic rings. The molecule has 1 aromatic carbocycles. The van der Waals surface area contributed by atoms with Crippen LogP contribution in [0.4, 0.5) is 14.5 Å². The molecule has 230 valence electrons. The van der Waals surface area contributed by atoms with Gasteiger partial charge in [-0.2, -0.15) is 0 Å². The van der Waals surface area contributed by atoms with Crippen molar-refractivity contribution in [3.8, 4) is 0 Å². The average molecular weight is 576 g/mol. The SMILES string of the molecule is CNC=C(c1cc2c(cc1C(F)F)N(C(C)(NC)C1CN(C(C)=O)CCC1(C)NC1CCNCC1)CCC2)C(C)N. The smallest absolute Gasteiger partial charge is 0.264 e. The van der Waals surface area contributed by atoms with Crippen molar-refractivity contribution in [1.82, 2.24) is 26.2 Å². The number of nitrogens with one attached hydrogen (secondary N) is 4. The molecule has 0 aliphatic carbocycles. The lowest BCUT2D eigenvalue weighted by Crippen LogP contribution is -2.74. The Morgan fingerprint density at radius 2 is 1.95 bits per heavy atom. The fraction of sp³-hybridized carbons (Fsp3) is 0.710. The zero-order valence-electron chi connectivity index (χ0n) is 25.7. The number of piperidine rings is 2. The highest BCUT2D eigenvalue weighted by molar-refractivity contribution is 5.76. The summed E-state index contributed by atoms with van der Waals surface area (Å²) in [5, 5.41) is 14.1. The monoisotopic (exact) mass is 575 g/mol. The summed E-state index contributed by atoms with van der Waals surface area (Å²) in [5.41, 5.74) is 8.44. The van der Waals surface area contributed by atoms with E-state index in [1.807, 2.05) is 24.9 Å². The molecule has 4 atom stereocenters. The van der Waals surface area contributed by atoms with Gasteiger partial charge in [-0.05, 0) is 102 Å². The van der Waals surface area contributed by atoms with Crippen molar-refractivity contribution in [1.29, 1.82) is 0 Å². The fourth-order valence-corrected chi connectivity index (χ4v) is 7.41. The average Bonchev–Trinajstić information content (AvgIpc) is 2.94. The summed E-state index contributed by atoms with van der Waals surface area (Å²) < 4.78 is 29.3. The van der Waals surface area contributed by atoms with Gasteiger partial charge in [-0.1, -0.05) is 0 Å². The summed E-state index contributed by atoms with van der Waals surface area (Å²) in [5.74, 6) is 0.0674. The van der Waals surface area contributed by atoms with Crippen molar-refractivity contribution >= 4 is 17.2 Å². The van der Waals surface area contributed by atoms with Crippen LogP contribution in [-0.2, 0) is 11.2 Å². The minimum absolute atomic E-state index is 0.00231. The van der Waals surface area contributed by atoms with Gasteiger partial charge in [0, 0.05) is 74.6 Å². The molecule has 8 nitrogen and oxygen atoms in total. The minimum atomic E-state index is -2.64. The van der Waals surface area contributed by atoms with Crippen LogP contribution >= 0.6 is 0 Å². The van der Waals surface area contributed by atoms with Gasteiger partial charge in [0.1, 0.15) is 0 Å². The van der Waals surface area contributed by atoms with E-state index >= 15 is 0 Å². The molecule has 2 saturated heterocycles. The van der Waals surface area contributed by atoms with Gasteiger partial charge in [0.15, 0.2) is 0 Å². The molecule has 0 bridgehead atoms. The number of carbonyl (C=O) groups excluding carboxylic acids is 1. The molecule has 4 rings (SSSR count). The number of hydrogen-bond acceptors (Lipinski definition) is 7. The lowest BCUT2D eigenvalue weighted by Gasteiger charge is -2.59. The normalized spacial score (nSPS) is 26.5. The number of likely N-dealkylation sites (tertiary alicyclic amines) is 1. The molecule has 6 N–H and O–H groups in total. The zero-order chi connectivity index (χ0) is 29.9. The van der Waals surface area contributed by atoms with Gasteiger partial charge in [0.2, 0.25) is 5.91 Å². The van der Waals surface area contributed by atoms with Crippen LogP contribution in [0.25, 0.3) is 5.57 Å². The number of alkyl halides is 2. The number of fused-ring (bicyclic) bond motifs is 1. The van der Waals surface area contributed by atoms with Crippen LogP contribution in [0.15, 0.2) is 18.3 Å². The summed E-state index contributed by atoms with van der Waals surface area (Å²) >= 11 is 0. The maximum atomic E-state index is 14.7. The molecule has 41 heavy (non-hydrogen) atoms. The van der Waals surface area contributed by atoms with Gasteiger partial charge >= 0.3 is 0 Å². The first-order valence-corrected chi connectivity index (χ1v) is 15.2. The Kier molecular flexibility index (Phi) is 9.99. The number of nitrogens with zero attached hydrogens (tertiary/aromatic N) is 2. The number of halogens is 2. The van der Waals surface area contributed by atoms with Crippen LogP contribution < -0.4 is 31.9 Å². The van der Waals surface area contributed by atoms with E-state index in [9.17, 15) is 13.6 Å². The summed E-state index contributed by atoms with van der Waals surface area (Å²) in [4.78, 5) is 16.9. The number of amides is 1. The van der Waals surface area contributed by atoms with Crippen LogP contribution in [-0.4, -0.2) is 80.9 Å². The van der Waals surface area contributed by atoms with Gasteiger partial charge < -0.3 is 31.5 Å². The first-order chi connectivity index (χ1) is 19.4. The van der Waals surface area contributed by atoms with Crippen molar-refractivity contribution < 1.29 is 13.6 Å². The van der Waals surface area contributed by atoms with Crippen molar-refractivity contribution in [3.63, 3.8) is 0 Å². The summed E-state index contributed by atoms with van der Waals surface area (Å²) in [6.07, 6.45) is 3.74. The largest absolute Gasteiger partial charge is 0.394 e. The van der Waals surface area contributed by atoms with Crippen LogP contribution in [0.3, 0.4) is 0 Å². The maximum absolute atomic E-state index is 14.7. The molecular formula is C31H51F2N7O. The highest BCUT2D eigenvalue weighted by Crippen LogP contribution is 2.44. The first-order valence-electron chi connectivity index (χ1n) is 15.2. The van der Waals surface area contributed by atoms with Crippen molar-refractivity contribution in [2.75, 3.05) is 51.7 Å². The standard InChI is InChI=1S/C31H51F2N7O/c1-20(34)26(18-35-5)24-16-22-8-7-14-40(27(22)17-25(24)29(32)33)31(4,36-6)28-19-39(21(2)41)15-11-30(28,3)38-23-9-12-37-13-10-23/h16-18,20,23,28-29,35-38H,7-15,19,34H2,1-6H3. The number of carbonyl (C=O) groups is 1. The molecule has 1 aromatic rings. The molecule has 1 amide bonds. The van der Waals surface area contributed by atoms with E-state index < -0.39 is 18.1 Å². The summed E-state index contributed by atoms with van der Waals surface area (Å²) in [7, 11) is 3.71. The van der Waals surface area contributed by atoms with Gasteiger partial charge in [-0.15, -0.1) is 0 Å². The molecule has 0 radical (unpaired) electrons. The number of hydrogen-bond donors (Lipinski definition) is 5. The third kappa shape index (κ3) is 6.40. The lowest BCUT2D eigenvalue weighted by atomic mass is 9.70. The molecule has 4 unspecified atom stereocenters. The number of rotatable bonds is 9. The Labute approximate surface area is 244 Å². The molecule has 3 aliphatic heterocycles. The Morgan fingerprint density at radius 3 is 2.54 bits per heavy atom. The number of benzene rings is 1. The summed E-state index contributed by atoms with van der Waals surface area (Å²) in [6, 6.07) is 3.62. The van der Waals surface area contributed by atoms with Gasteiger partial charge in [0.25, 0.3) is 6.43 Å². The van der Waals surface area contributed by atoms with Crippen LogP contribution in [0.5, 0.6) is 0 Å². The predicted octanol–water partition coefficient (Wildman–Crippen LogP) is 3.19. The maximum Gasteiger partial charge on any atom is 0.264 e. The Balaban J connectivity index is 1.81. The third-order valence-corrected chi connectivity index (χ3v) is 9.84. The fourth-order valence-electron chi connectivity index (χ4n) is 7.41. The predicted molar refractivity (Wildman–Crippen MR) is 163 cm³/mol. The molecule has 0 spiro atoms. The van der Waals surface area contributed by atoms with Gasteiger partial charge in [0.05, 0.1) is 5.66 Å². The van der Waals surface area contributed by atoms with Crippen molar-refractivity contribution in [2.24, 2.45) is 11.7 Å². The zero-order valence-corrected chi connectivity index (χ0v) is 25.7. The van der Waals surface area contributed by atoms with Crippen molar-refractivity contribution in [3.05, 3.63) is 35.0 Å². The molecule has 0 saturated carbocycles. The highest BCUT2D eigenvalue weighted by Gasteiger charge is 2.53. The van der Waals surface area contributed by atoms with Crippen LogP contribution in [0.1, 0.15) is 76.5 Å². The van der Waals surface area contributed by atoms with E-state index in [2.05, 4.69) is 40.0 Å². The third-order valence-electron chi connectivity index (χ3n) is 9.84. The van der Waals surface area contributed by atoms with E-state index in [0.717, 1.165) is 63.0 Å². The molecule has 0 aromatic heterocycles. The van der Waals surface area contributed by atoms with Gasteiger partial charge in [-0.25, -0.2) is 8.78 Å². The minimum Gasteiger partial charge on any atom is -0.394 e. The van der Waals surface area contributed by atoms with E-state index in [1.54, 1.807) is 26.2 Å². The number of aryl methyl sites for hydroxylation is 1. The molecule has 10 heteroatoms. The summed E-state index contributed by atoms with van der Waals surface area (Å²) in [6.45, 7) is 11.9. The second kappa shape index (κ2) is 12.9. The number of anilines is 1. The second-order valence-corrected chi connectivity index (χ2v) is 12.6. The molecule has 2 fully saturated rings. The molecular weight excluding hydrogens is 524 g/mol. The van der Waals surface area contributed by atoms with E-state index in [-0.39, 0.29) is 22.9 Å². The highest BCUT2D eigenvalue weighted by atomic mass is 19.3. The van der Waals surface area contributed by atoms with Gasteiger partial charge in [-0.3, -0.25) is 10.1 Å². The lowest BCUT2D eigenvalue weighted by molar-refractivity contribution is -0.133. The first kappa shape index (κ1) is 31.7. The topological polar surface area (TPSA) is 97.7 Å². The molecule has 3 heterocycles. The van der Waals surface area contributed by atoms with Crippen molar-refractivity contribution in [2.45, 2.75) is 89.5 Å². The van der Waals surface area contributed by atoms with E-state index in [1.165, 1.54) is 0 Å².